The minimum atomic E-state index is -0.0845. The highest BCUT2D eigenvalue weighted by Gasteiger charge is 2.17. The molecule has 6 aromatic rings. The molecule has 0 spiro atoms. The van der Waals surface area contributed by atoms with Crippen molar-refractivity contribution in [2.75, 3.05) is 5.32 Å². The number of carbonyl (C=O) groups excluding carboxylic acids is 1. The van der Waals surface area contributed by atoms with Gasteiger partial charge in [0, 0.05) is 46.2 Å². The van der Waals surface area contributed by atoms with Gasteiger partial charge >= 0.3 is 0 Å². The summed E-state index contributed by atoms with van der Waals surface area (Å²) in [6.07, 6.45) is 5.73. The Morgan fingerprint density at radius 3 is 2.61 bits per heavy atom. The molecular weight excluding hydrogens is 472 g/mol. The number of nitrogens with one attached hydrogen (secondary N) is 3. The molecule has 0 bridgehead atoms. The third-order valence-corrected chi connectivity index (χ3v) is 6.47. The molecule has 0 atom stereocenters. The van der Waals surface area contributed by atoms with Crippen LogP contribution in [0.2, 0.25) is 0 Å². The van der Waals surface area contributed by atoms with Gasteiger partial charge in [0.05, 0.1) is 28.8 Å². The van der Waals surface area contributed by atoms with Crippen molar-refractivity contribution < 1.29 is 4.79 Å². The van der Waals surface area contributed by atoms with Crippen molar-refractivity contribution in [3.05, 3.63) is 85.3 Å². The summed E-state index contributed by atoms with van der Waals surface area (Å²) < 4.78 is 0. The van der Waals surface area contributed by atoms with E-state index in [1.165, 1.54) is 0 Å². The number of H-pyrrole nitrogens is 2. The SMILES string of the molecule is CC(C)(C)CC(=O)Nc1cncc(-c2ccc3[nH]nc(-c4cc5c(-c6ccccn6)cccc5[nH]4)c3c2)c1. The number of amides is 1. The van der Waals surface area contributed by atoms with Gasteiger partial charge in [0.2, 0.25) is 5.91 Å². The Morgan fingerprint density at radius 2 is 1.79 bits per heavy atom. The number of pyridine rings is 2. The first-order chi connectivity index (χ1) is 18.3. The van der Waals surface area contributed by atoms with Gasteiger partial charge in [-0.05, 0) is 53.4 Å². The molecule has 2 aromatic carbocycles. The van der Waals surface area contributed by atoms with E-state index in [-0.39, 0.29) is 11.3 Å². The van der Waals surface area contributed by atoms with Gasteiger partial charge in [-0.2, -0.15) is 5.10 Å². The van der Waals surface area contributed by atoms with Crippen LogP contribution in [0.1, 0.15) is 27.2 Å². The van der Waals surface area contributed by atoms with E-state index in [0.717, 1.165) is 55.6 Å². The molecule has 0 aliphatic carbocycles. The molecule has 188 valence electrons. The Balaban J connectivity index is 1.36. The maximum atomic E-state index is 12.4. The normalized spacial score (nSPS) is 11.8. The molecule has 0 saturated carbocycles. The number of hydrogen-bond donors (Lipinski definition) is 3. The number of carbonyl (C=O) groups is 1. The van der Waals surface area contributed by atoms with E-state index in [4.69, 9.17) is 0 Å². The molecule has 4 aromatic heterocycles. The van der Waals surface area contributed by atoms with Crippen LogP contribution in [0, 0.1) is 5.41 Å². The van der Waals surface area contributed by atoms with Crippen LogP contribution in [0.5, 0.6) is 0 Å². The molecule has 0 aliphatic heterocycles. The minimum Gasteiger partial charge on any atom is -0.353 e. The maximum Gasteiger partial charge on any atom is 0.224 e. The summed E-state index contributed by atoms with van der Waals surface area (Å²) in [5.41, 5.74) is 8.24. The molecule has 1 amide bonds. The van der Waals surface area contributed by atoms with Crippen LogP contribution in [0.4, 0.5) is 5.69 Å². The van der Waals surface area contributed by atoms with Crippen molar-refractivity contribution in [1.29, 1.82) is 0 Å². The lowest BCUT2D eigenvalue weighted by Gasteiger charge is -2.17. The number of anilines is 1. The van der Waals surface area contributed by atoms with Crippen LogP contribution < -0.4 is 5.32 Å². The van der Waals surface area contributed by atoms with Crippen molar-refractivity contribution in [3.63, 3.8) is 0 Å². The van der Waals surface area contributed by atoms with E-state index < -0.39 is 0 Å². The van der Waals surface area contributed by atoms with Gasteiger partial charge in [0.25, 0.3) is 0 Å². The fraction of sp³-hybridized carbons (Fsp3) is 0.161. The third kappa shape index (κ3) is 4.66. The molecule has 0 fully saturated rings. The second kappa shape index (κ2) is 9.27. The van der Waals surface area contributed by atoms with Gasteiger partial charge in [-0.25, -0.2) is 0 Å². The van der Waals surface area contributed by atoms with Gasteiger partial charge in [-0.15, -0.1) is 0 Å². The molecule has 7 heteroatoms. The molecule has 0 unspecified atom stereocenters. The number of aromatic amines is 2. The Bertz CT molecular complexity index is 1780. The van der Waals surface area contributed by atoms with Gasteiger partial charge in [-0.1, -0.05) is 45.0 Å². The molecular formula is C31H28N6O. The number of aromatic nitrogens is 5. The predicted molar refractivity (Wildman–Crippen MR) is 153 cm³/mol. The highest BCUT2D eigenvalue weighted by atomic mass is 16.1. The quantitative estimate of drug-likeness (QED) is 0.233. The summed E-state index contributed by atoms with van der Waals surface area (Å²) in [7, 11) is 0. The van der Waals surface area contributed by atoms with E-state index in [0.29, 0.717) is 12.1 Å². The highest BCUT2D eigenvalue weighted by molar-refractivity contribution is 6.01. The number of rotatable bonds is 5. The number of nitrogens with zero attached hydrogens (tertiary/aromatic N) is 3. The van der Waals surface area contributed by atoms with Crippen LogP contribution >= 0.6 is 0 Å². The van der Waals surface area contributed by atoms with E-state index in [1.54, 1.807) is 6.20 Å². The Hall–Kier alpha value is -4.78. The average molecular weight is 501 g/mol. The smallest absolute Gasteiger partial charge is 0.224 e. The second-order valence-electron chi connectivity index (χ2n) is 10.7. The Morgan fingerprint density at radius 1 is 0.895 bits per heavy atom. The van der Waals surface area contributed by atoms with Crippen molar-refractivity contribution in [3.8, 4) is 33.8 Å². The van der Waals surface area contributed by atoms with E-state index >= 15 is 0 Å². The highest BCUT2D eigenvalue weighted by Crippen LogP contribution is 2.35. The fourth-order valence-electron chi connectivity index (χ4n) is 4.78. The lowest BCUT2D eigenvalue weighted by Crippen LogP contribution is -2.19. The predicted octanol–water partition coefficient (Wildman–Crippen LogP) is 7.21. The molecule has 7 nitrogen and oxygen atoms in total. The zero-order valence-electron chi connectivity index (χ0n) is 21.5. The topological polar surface area (TPSA) is 99.3 Å². The van der Waals surface area contributed by atoms with Crippen LogP contribution in [0.15, 0.2) is 85.3 Å². The first-order valence-electron chi connectivity index (χ1n) is 12.6. The molecule has 0 aliphatic rings. The van der Waals surface area contributed by atoms with Crippen LogP contribution in [-0.4, -0.2) is 31.1 Å². The number of hydrogen-bond acceptors (Lipinski definition) is 4. The summed E-state index contributed by atoms with van der Waals surface area (Å²) in [5.74, 6) is -0.0205. The largest absolute Gasteiger partial charge is 0.353 e. The van der Waals surface area contributed by atoms with Crippen LogP contribution in [-0.2, 0) is 4.79 Å². The molecule has 0 saturated heterocycles. The van der Waals surface area contributed by atoms with Crippen LogP contribution in [0.25, 0.3) is 55.6 Å². The van der Waals surface area contributed by atoms with Gasteiger partial charge in [0.1, 0.15) is 5.69 Å². The molecule has 0 radical (unpaired) electrons. The van der Waals surface area contributed by atoms with Crippen LogP contribution in [0.3, 0.4) is 0 Å². The van der Waals surface area contributed by atoms with Crippen molar-refractivity contribution in [1.82, 2.24) is 25.1 Å². The first-order valence-corrected chi connectivity index (χ1v) is 12.6. The molecule has 4 heterocycles. The molecule has 3 N–H and O–H groups in total. The number of fused-ring (bicyclic) bond motifs is 2. The van der Waals surface area contributed by atoms with Crippen molar-refractivity contribution in [2.24, 2.45) is 5.41 Å². The molecule has 38 heavy (non-hydrogen) atoms. The Labute approximate surface area is 220 Å². The van der Waals surface area contributed by atoms with Crippen molar-refractivity contribution in [2.45, 2.75) is 27.2 Å². The lowest BCUT2D eigenvalue weighted by atomic mass is 9.92. The Kier molecular flexibility index (Phi) is 5.76. The second-order valence-corrected chi connectivity index (χ2v) is 10.7. The van der Waals surface area contributed by atoms with E-state index in [1.807, 2.05) is 75.6 Å². The lowest BCUT2D eigenvalue weighted by molar-refractivity contribution is -0.117. The summed E-state index contributed by atoms with van der Waals surface area (Å²) in [4.78, 5) is 24.9. The number of benzene rings is 2. The van der Waals surface area contributed by atoms with Gasteiger partial charge < -0.3 is 10.3 Å². The molecule has 6 rings (SSSR count). The summed E-state index contributed by atoms with van der Waals surface area (Å²) in [6.45, 7) is 6.14. The maximum absolute atomic E-state index is 12.4. The zero-order valence-corrected chi connectivity index (χ0v) is 21.5. The third-order valence-electron chi connectivity index (χ3n) is 6.47. The summed E-state index contributed by atoms with van der Waals surface area (Å²) in [5, 5.41) is 12.9. The fourth-order valence-corrected chi connectivity index (χ4v) is 4.78. The van der Waals surface area contributed by atoms with E-state index in [9.17, 15) is 4.79 Å². The minimum absolute atomic E-state index is 0.0205. The standard InChI is InChI=1S/C31H28N6O/c1-31(2,3)16-29(38)34-21-13-20(17-32-18-21)19-10-11-27-24(14-19)30(37-36-27)28-15-23-22(7-6-9-26(23)35-28)25-8-4-5-12-33-25/h4-15,17-18,35H,16H2,1-3H3,(H,34,38)(H,36,37). The van der Waals surface area contributed by atoms with Gasteiger partial charge in [0.15, 0.2) is 0 Å². The average Bonchev–Trinajstić information content (AvgIpc) is 3.51. The van der Waals surface area contributed by atoms with Gasteiger partial charge in [-0.3, -0.25) is 19.9 Å². The summed E-state index contributed by atoms with van der Waals surface area (Å²) >= 11 is 0. The monoisotopic (exact) mass is 500 g/mol. The van der Waals surface area contributed by atoms with Crippen molar-refractivity contribution >= 4 is 33.4 Å². The van der Waals surface area contributed by atoms with E-state index in [2.05, 4.69) is 54.7 Å². The zero-order chi connectivity index (χ0) is 26.3. The first kappa shape index (κ1) is 23.6. The summed E-state index contributed by atoms with van der Waals surface area (Å²) in [6, 6.07) is 22.4.